The van der Waals surface area contributed by atoms with E-state index < -0.39 is 8.56 Å². The Kier molecular flexibility index (Phi) is 12.0. The Balaban J connectivity index is 3.55. The summed E-state index contributed by atoms with van der Waals surface area (Å²) in [4.78, 5) is 0. The van der Waals surface area contributed by atoms with Gasteiger partial charge in [-0.15, -0.1) is 0 Å². The maximum Gasteiger partial charge on any atom is 0.331 e. The molecular formula is C16H36O2Si. The van der Waals surface area contributed by atoms with Crippen LogP contribution in [0.1, 0.15) is 72.1 Å². The fourth-order valence-corrected chi connectivity index (χ4v) is 3.44. The summed E-state index contributed by atoms with van der Waals surface area (Å²) >= 11 is 0. The van der Waals surface area contributed by atoms with Crippen molar-refractivity contribution >= 4 is 8.56 Å². The molecule has 0 heterocycles. The third-order valence-corrected chi connectivity index (χ3v) is 5.53. The monoisotopic (exact) mass is 288 g/mol. The van der Waals surface area contributed by atoms with Crippen LogP contribution in [0.3, 0.4) is 0 Å². The highest BCUT2D eigenvalue weighted by atomic mass is 28.4. The summed E-state index contributed by atoms with van der Waals surface area (Å²) in [5.41, 5.74) is 0. The Morgan fingerprint density at radius 2 is 1.37 bits per heavy atom. The van der Waals surface area contributed by atoms with Crippen LogP contribution in [0.4, 0.5) is 0 Å². The predicted octanol–water partition coefficient (Wildman–Crippen LogP) is 5.52. The number of hydrogen-bond acceptors (Lipinski definition) is 2. The Labute approximate surface area is 122 Å². The Morgan fingerprint density at radius 1 is 0.789 bits per heavy atom. The topological polar surface area (TPSA) is 18.5 Å². The summed E-state index contributed by atoms with van der Waals surface area (Å²) in [6.07, 6.45) is 10.3. The first-order valence-corrected chi connectivity index (χ1v) is 11.1. The zero-order chi connectivity index (χ0) is 14.6. The average molecular weight is 289 g/mol. The van der Waals surface area contributed by atoms with Gasteiger partial charge in [-0.2, -0.15) is 0 Å². The quantitative estimate of drug-likeness (QED) is 0.328. The zero-order valence-electron chi connectivity index (χ0n) is 14.0. The van der Waals surface area contributed by atoms with E-state index in [9.17, 15) is 0 Å². The molecule has 0 aliphatic rings. The molecule has 0 aromatic rings. The van der Waals surface area contributed by atoms with E-state index in [1.54, 1.807) is 0 Å². The van der Waals surface area contributed by atoms with Gasteiger partial charge in [-0.25, -0.2) is 0 Å². The van der Waals surface area contributed by atoms with Gasteiger partial charge in [0.2, 0.25) is 0 Å². The van der Waals surface area contributed by atoms with Crippen LogP contribution in [0.15, 0.2) is 0 Å². The molecule has 0 saturated heterocycles. The van der Waals surface area contributed by atoms with E-state index in [2.05, 4.69) is 33.9 Å². The van der Waals surface area contributed by atoms with Crippen molar-refractivity contribution in [1.29, 1.82) is 0 Å². The summed E-state index contributed by atoms with van der Waals surface area (Å²) < 4.78 is 12.0. The highest BCUT2D eigenvalue weighted by molar-refractivity contribution is 6.64. The second kappa shape index (κ2) is 11.9. The van der Waals surface area contributed by atoms with Crippen molar-refractivity contribution in [3.8, 4) is 0 Å². The molecule has 2 nitrogen and oxygen atoms in total. The smallest absolute Gasteiger partial charge is 0.331 e. The Morgan fingerprint density at radius 3 is 1.95 bits per heavy atom. The highest BCUT2D eigenvalue weighted by Gasteiger charge is 2.25. The van der Waals surface area contributed by atoms with Crippen molar-refractivity contribution < 1.29 is 8.85 Å². The van der Waals surface area contributed by atoms with Gasteiger partial charge in [-0.3, -0.25) is 0 Å². The van der Waals surface area contributed by atoms with Crippen LogP contribution in [0.5, 0.6) is 0 Å². The standard InChI is InChI=1S/C16H36O2Si/c1-6-9-10-11-12-13-14-17-19(4,5)18-15-16(7-2)8-3/h16H,6-15H2,1-5H3. The zero-order valence-corrected chi connectivity index (χ0v) is 15.0. The molecule has 116 valence electrons. The van der Waals surface area contributed by atoms with Crippen LogP contribution in [-0.2, 0) is 8.85 Å². The molecule has 0 fully saturated rings. The Bertz CT molecular complexity index is 191. The fraction of sp³-hybridized carbons (Fsp3) is 1.00. The van der Waals surface area contributed by atoms with Crippen LogP contribution in [0.25, 0.3) is 0 Å². The van der Waals surface area contributed by atoms with Gasteiger partial charge in [0, 0.05) is 13.2 Å². The van der Waals surface area contributed by atoms with Crippen molar-refractivity contribution in [3.05, 3.63) is 0 Å². The lowest BCUT2D eigenvalue weighted by atomic mass is 10.1. The third-order valence-electron chi connectivity index (χ3n) is 3.77. The molecule has 0 N–H and O–H groups in total. The molecule has 0 amide bonds. The molecule has 0 aromatic heterocycles. The van der Waals surface area contributed by atoms with Crippen LogP contribution >= 0.6 is 0 Å². The summed E-state index contributed by atoms with van der Waals surface area (Å²) in [7, 11) is -1.87. The SMILES string of the molecule is CCCCCCCCO[Si](C)(C)OCC(CC)CC. The first-order chi connectivity index (χ1) is 9.05. The van der Waals surface area contributed by atoms with Crippen molar-refractivity contribution in [2.24, 2.45) is 5.92 Å². The van der Waals surface area contributed by atoms with E-state index >= 15 is 0 Å². The van der Waals surface area contributed by atoms with E-state index in [1.807, 2.05) is 0 Å². The van der Waals surface area contributed by atoms with E-state index in [0.29, 0.717) is 5.92 Å². The minimum atomic E-state index is -1.87. The Hall–Kier alpha value is 0.137. The lowest BCUT2D eigenvalue weighted by molar-refractivity contribution is 0.148. The number of rotatable bonds is 13. The van der Waals surface area contributed by atoms with Gasteiger partial charge < -0.3 is 8.85 Å². The summed E-state index contributed by atoms with van der Waals surface area (Å²) in [6.45, 7) is 12.8. The lowest BCUT2D eigenvalue weighted by Crippen LogP contribution is -2.36. The molecule has 0 spiro atoms. The molecular weight excluding hydrogens is 252 g/mol. The second-order valence-corrected chi connectivity index (χ2v) is 9.39. The molecule has 0 unspecified atom stereocenters. The molecule has 0 rings (SSSR count). The van der Waals surface area contributed by atoms with Gasteiger partial charge in [-0.05, 0) is 25.4 Å². The predicted molar refractivity (Wildman–Crippen MR) is 86.8 cm³/mol. The van der Waals surface area contributed by atoms with E-state index in [-0.39, 0.29) is 0 Å². The third kappa shape index (κ3) is 11.6. The summed E-state index contributed by atoms with van der Waals surface area (Å²) in [6, 6.07) is 0. The maximum atomic E-state index is 6.04. The molecule has 0 bridgehead atoms. The fourth-order valence-electron chi connectivity index (χ4n) is 2.08. The molecule has 0 aromatic carbocycles. The van der Waals surface area contributed by atoms with Crippen molar-refractivity contribution in [2.75, 3.05) is 13.2 Å². The van der Waals surface area contributed by atoms with E-state index in [0.717, 1.165) is 13.2 Å². The van der Waals surface area contributed by atoms with Gasteiger partial charge >= 0.3 is 8.56 Å². The van der Waals surface area contributed by atoms with Gasteiger partial charge in [-0.1, -0.05) is 65.7 Å². The first-order valence-electron chi connectivity index (χ1n) is 8.33. The van der Waals surface area contributed by atoms with Crippen LogP contribution in [0.2, 0.25) is 13.1 Å². The molecule has 0 saturated carbocycles. The van der Waals surface area contributed by atoms with Crippen LogP contribution < -0.4 is 0 Å². The largest absolute Gasteiger partial charge is 0.395 e. The maximum absolute atomic E-state index is 6.04. The molecule has 3 heteroatoms. The van der Waals surface area contributed by atoms with E-state index in [4.69, 9.17) is 8.85 Å². The molecule has 0 radical (unpaired) electrons. The van der Waals surface area contributed by atoms with Crippen LogP contribution in [-0.4, -0.2) is 21.8 Å². The molecule has 0 atom stereocenters. The molecule has 0 aliphatic carbocycles. The number of unbranched alkanes of at least 4 members (excludes halogenated alkanes) is 5. The highest BCUT2D eigenvalue weighted by Crippen LogP contribution is 2.14. The van der Waals surface area contributed by atoms with Gasteiger partial charge in [0.25, 0.3) is 0 Å². The lowest BCUT2D eigenvalue weighted by Gasteiger charge is -2.25. The normalized spacial score (nSPS) is 12.3. The minimum absolute atomic E-state index is 0.699. The van der Waals surface area contributed by atoms with E-state index in [1.165, 1.54) is 51.4 Å². The first kappa shape index (κ1) is 19.1. The van der Waals surface area contributed by atoms with Crippen molar-refractivity contribution in [3.63, 3.8) is 0 Å². The number of hydrogen-bond donors (Lipinski definition) is 0. The molecule has 0 aliphatic heterocycles. The van der Waals surface area contributed by atoms with Crippen molar-refractivity contribution in [1.82, 2.24) is 0 Å². The second-order valence-electron chi connectivity index (χ2n) is 6.01. The summed E-state index contributed by atoms with van der Waals surface area (Å²) in [5.74, 6) is 0.699. The minimum Gasteiger partial charge on any atom is -0.395 e. The van der Waals surface area contributed by atoms with Crippen molar-refractivity contribution in [2.45, 2.75) is 85.2 Å². The van der Waals surface area contributed by atoms with Gasteiger partial charge in [0.1, 0.15) is 0 Å². The molecule has 19 heavy (non-hydrogen) atoms. The van der Waals surface area contributed by atoms with Crippen LogP contribution in [0, 0.1) is 5.92 Å². The van der Waals surface area contributed by atoms with Gasteiger partial charge in [0.15, 0.2) is 0 Å². The summed E-state index contributed by atoms with van der Waals surface area (Å²) in [5, 5.41) is 0. The van der Waals surface area contributed by atoms with Gasteiger partial charge in [0.05, 0.1) is 0 Å². The average Bonchev–Trinajstić information content (AvgIpc) is 2.39.